The zero-order chi connectivity index (χ0) is 13.7. The first-order chi connectivity index (χ1) is 9.89. The van der Waals surface area contributed by atoms with Gasteiger partial charge in [-0.1, -0.05) is 37.5 Å². The Kier molecular flexibility index (Phi) is 4.99. The van der Waals surface area contributed by atoms with E-state index in [1.54, 1.807) is 0 Å². The van der Waals surface area contributed by atoms with Crippen molar-refractivity contribution >= 4 is 12.0 Å². The van der Waals surface area contributed by atoms with Crippen molar-refractivity contribution in [2.45, 2.75) is 61.5 Å². The Balaban J connectivity index is 1.54. The molecule has 110 valence electrons. The van der Waals surface area contributed by atoms with Crippen LogP contribution >= 0.6 is 12.0 Å². The van der Waals surface area contributed by atoms with E-state index in [1.807, 2.05) is 30.3 Å². The highest BCUT2D eigenvalue weighted by Gasteiger charge is 2.44. The molecule has 20 heavy (non-hydrogen) atoms. The van der Waals surface area contributed by atoms with Crippen LogP contribution in [0.2, 0.25) is 0 Å². The van der Waals surface area contributed by atoms with Crippen molar-refractivity contribution in [1.29, 1.82) is 0 Å². The summed E-state index contributed by atoms with van der Waals surface area (Å²) in [4.78, 5) is 6.78. The van der Waals surface area contributed by atoms with E-state index >= 15 is 0 Å². The first kappa shape index (κ1) is 14.4. The molecule has 1 aromatic rings. The molecular formula is C16H22O3S. The molecule has 0 amide bonds. The van der Waals surface area contributed by atoms with Gasteiger partial charge in [0.15, 0.2) is 0 Å². The molecule has 1 aliphatic heterocycles. The molecule has 1 atom stereocenters. The Morgan fingerprint density at radius 1 is 1.05 bits per heavy atom. The van der Waals surface area contributed by atoms with Gasteiger partial charge in [0.25, 0.3) is 0 Å². The van der Waals surface area contributed by atoms with Crippen molar-refractivity contribution in [3.63, 3.8) is 0 Å². The van der Waals surface area contributed by atoms with Crippen LogP contribution in [0.3, 0.4) is 0 Å². The van der Waals surface area contributed by atoms with Crippen LogP contribution in [0.4, 0.5) is 0 Å². The maximum absolute atomic E-state index is 6.11. The summed E-state index contributed by atoms with van der Waals surface area (Å²) in [7, 11) is 0. The second-order valence-electron chi connectivity index (χ2n) is 5.67. The van der Waals surface area contributed by atoms with Gasteiger partial charge in [0.1, 0.15) is 6.10 Å². The van der Waals surface area contributed by atoms with Gasteiger partial charge in [0.2, 0.25) is 0 Å². The van der Waals surface area contributed by atoms with E-state index in [0.29, 0.717) is 0 Å². The van der Waals surface area contributed by atoms with E-state index in [1.165, 1.54) is 31.3 Å². The molecule has 2 fully saturated rings. The summed E-state index contributed by atoms with van der Waals surface area (Å²) in [6, 6.07) is 10.0. The summed E-state index contributed by atoms with van der Waals surface area (Å²) >= 11 is 1.28. The topological polar surface area (TPSA) is 27.7 Å². The van der Waals surface area contributed by atoms with Crippen molar-refractivity contribution in [3.8, 4) is 0 Å². The molecule has 0 radical (unpaired) electrons. The maximum atomic E-state index is 6.11. The van der Waals surface area contributed by atoms with Gasteiger partial charge < -0.3 is 4.74 Å². The van der Waals surface area contributed by atoms with Crippen molar-refractivity contribution in [2.24, 2.45) is 0 Å². The fourth-order valence-electron chi connectivity index (χ4n) is 3.23. The zero-order valence-electron chi connectivity index (χ0n) is 11.8. The van der Waals surface area contributed by atoms with Crippen LogP contribution in [-0.2, 0) is 14.0 Å². The maximum Gasteiger partial charge on any atom is 0.123 e. The minimum Gasteiger partial charge on any atom is -0.372 e. The molecule has 1 unspecified atom stereocenters. The molecule has 0 aromatic heterocycles. The Bertz CT molecular complexity index is 395. The van der Waals surface area contributed by atoms with Crippen LogP contribution in [0, 0.1) is 0 Å². The molecule has 1 aromatic carbocycles. The van der Waals surface area contributed by atoms with Gasteiger partial charge in [0, 0.05) is 11.5 Å². The number of benzene rings is 1. The van der Waals surface area contributed by atoms with Crippen molar-refractivity contribution in [1.82, 2.24) is 0 Å². The Morgan fingerprint density at radius 3 is 2.65 bits per heavy atom. The lowest BCUT2D eigenvalue weighted by atomic mass is 9.78. The molecular weight excluding hydrogens is 272 g/mol. The number of ether oxygens (including phenoxy) is 1. The van der Waals surface area contributed by atoms with Gasteiger partial charge in [0.05, 0.1) is 17.6 Å². The second-order valence-corrected chi connectivity index (χ2v) is 6.44. The van der Waals surface area contributed by atoms with Crippen LogP contribution in [0.15, 0.2) is 35.2 Å². The fourth-order valence-corrected chi connectivity index (χ4v) is 3.72. The third-order valence-corrected chi connectivity index (χ3v) is 4.93. The molecule has 4 heteroatoms. The SMILES string of the molecule is c1ccc(SOOC2CCCOC23CCCCC3)cc1. The average Bonchev–Trinajstić information content (AvgIpc) is 2.51. The van der Waals surface area contributed by atoms with Gasteiger partial charge in [-0.05, 0) is 37.8 Å². The Hall–Kier alpha value is -0.550. The summed E-state index contributed by atoms with van der Waals surface area (Å²) in [5, 5.41) is 0. The quantitative estimate of drug-likeness (QED) is 0.463. The first-order valence-corrected chi connectivity index (χ1v) is 8.32. The van der Waals surface area contributed by atoms with Crippen LogP contribution in [0.1, 0.15) is 44.9 Å². The third-order valence-electron chi connectivity index (χ3n) is 4.32. The van der Waals surface area contributed by atoms with Gasteiger partial charge in [-0.2, -0.15) is 4.33 Å². The van der Waals surface area contributed by atoms with Crippen molar-refractivity contribution in [2.75, 3.05) is 6.61 Å². The van der Waals surface area contributed by atoms with Gasteiger partial charge in [-0.3, -0.25) is 0 Å². The average molecular weight is 294 g/mol. The van der Waals surface area contributed by atoms with E-state index in [0.717, 1.165) is 37.2 Å². The van der Waals surface area contributed by atoms with Crippen LogP contribution in [-0.4, -0.2) is 18.3 Å². The molecule has 1 heterocycles. The lowest BCUT2D eigenvalue weighted by Crippen LogP contribution is -2.50. The summed E-state index contributed by atoms with van der Waals surface area (Å²) in [5.41, 5.74) is -0.0895. The summed E-state index contributed by atoms with van der Waals surface area (Å²) < 4.78 is 11.5. The molecule has 0 N–H and O–H groups in total. The minimum atomic E-state index is -0.0895. The van der Waals surface area contributed by atoms with E-state index < -0.39 is 0 Å². The predicted molar refractivity (Wildman–Crippen MR) is 79.3 cm³/mol. The lowest BCUT2D eigenvalue weighted by molar-refractivity contribution is -0.304. The standard InChI is InChI=1S/C16H22O3S/c1-3-8-14(9-4-1)20-19-18-15-10-7-13-17-16(15)11-5-2-6-12-16/h1,3-4,8-9,15H,2,5-7,10-13H2. The minimum absolute atomic E-state index is 0.0766. The van der Waals surface area contributed by atoms with E-state index in [9.17, 15) is 0 Å². The van der Waals surface area contributed by atoms with Gasteiger partial charge in [-0.15, -0.1) is 0 Å². The third kappa shape index (κ3) is 3.37. The van der Waals surface area contributed by atoms with Gasteiger partial charge in [-0.25, -0.2) is 4.89 Å². The number of rotatable bonds is 4. The largest absolute Gasteiger partial charge is 0.372 e. The molecule has 3 nitrogen and oxygen atoms in total. The molecule has 3 rings (SSSR count). The molecule has 2 aliphatic rings. The van der Waals surface area contributed by atoms with Crippen molar-refractivity contribution < 1.29 is 14.0 Å². The highest BCUT2D eigenvalue weighted by atomic mass is 32.2. The van der Waals surface area contributed by atoms with Crippen LogP contribution in [0.25, 0.3) is 0 Å². The highest BCUT2D eigenvalue weighted by molar-refractivity contribution is 7.94. The monoisotopic (exact) mass is 294 g/mol. The van der Waals surface area contributed by atoms with E-state index in [2.05, 4.69) is 0 Å². The fraction of sp³-hybridized carbons (Fsp3) is 0.625. The molecule has 1 aliphatic carbocycles. The van der Waals surface area contributed by atoms with Crippen LogP contribution < -0.4 is 0 Å². The lowest BCUT2D eigenvalue weighted by Gasteiger charge is -2.44. The Morgan fingerprint density at radius 2 is 1.85 bits per heavy atom. The molecule has 0 bridgehead atoms. The van der Waals surface area contributed by atoms with Crippen LogP contribution in [0.5, 0.6) is 0 Å². The predicted octanol–water partition coefficient (Wildman–Crippen LogP) is 4.52. The highest BCUT2D eigenvalue weighted by Crippen LogP contribution is 2.40. The smallest absolute Gasteiger partial charge is 0.123 e. The number of hydrogen-bond donors (Lipinski definition) is 0. The normalized spacial score (nSPS) is 25.7. The zero-order valence-corrected chi connectivity index (χ0v) is 12.6. The Labute approximate surface area is 125 Å². The summed E-state index contributed by atoms with van der Waals surface area (Å²) in [5.74, 6) is 0. The summed E-state index contributed by atoms with van der Waals surface area (Å²) in [6.45, 7) is 0.867. The molecule has 1 spiro atoms. The molecule has 1 saturated carbocycles. The van der Waals surface area contributed by atoms with Crippen molar-refractivity contribution in [3.05, 3.63) is 30.3 Å². The van der Waals surface area contributed by atoms with E-state index in [4.69, 9.17) is 14.0 Å². The summed E-state index contributed by atoms with van der Waals surface area (Å²) in [6.07, 6.45) is 8.19. The van der Waals surface area contributed by atoms with Gasteiger partial charge >= 0.3 is 0 Å². The molecule has 1 saturated heterocycles. The first-order valence-electron chi connectivity index (χ1n) is 7.58. The van der Waals surface area contributed by atoms with E-state index in [-0.39, 0.29) is 11.7 Å². The number of hydrogen-bond acceptors (Lipinski definition) is 4. The second kappa shape index (κ2) is 6.94.